The van der Waals surface area contributed by atoms with Gasteiger partial charge >= 0.3 is 0 Å². The molecule has 0 bridgehead atoms. The molecule has 2 heterocycles. The Morgan fingerprint density at radius 3 is 2.83 bits per heavy atom. The van der Waals surface area contributed by atoms with E-state index < -0.39 is 0 Å². The summed E-state index contributed by atoms with van der Waals surface area (Å²) in [5.74, 6) is 0.497. The SMILES string of the molecule is CC(C)Oc1ccccc1/C=C1/SC(=N)N(c2nccs2)C1=O. The molecule has 0 radical (unpaired) electrons. The van der Waals surface area contributed by atoms with Gasteiger partial charge in [-0.2, -0.15) is 0 Å². The number of para-hydroxylation sites is 1. The molecule has 23 heavy (non-hydrogen) atoms. The number of amidine groups is 1. The zero-order valence-electron chi connectivity index (χ0n) is 12.6. The van der Waals surface area contributed by atoms with Crippen LogP contribution in [0, 0.1) is 5.41 Å². The van der Waals surface area contributed by atoms with Crippen LogP contribution < -0.4 is 9.64 Å². The Bertz CT molecular complexity index is 769. The van der Waals surface area contributed by atoms with Crippen LogP contribution in [-0.4, -0.2) is 22.2 Å². The second-order valence-corrected chi connectivity index (χ2v) is 6.98. The first-order valence-corrected chi connectivity index (χ1v) is 8.73. The normalized spacial score (nSPS) is 16.7. The first-order chi connectivity index (χ1) is 11.1. The molecular weight excluding hydrogens is 330 g/mol. The molecule has 1 aliphatic heterocycles. The Morgan fingerprint density at radius 2 is 2.13 bits per heavy atom. The van der Waals surface area contributed by atoms with Gasteiger partial charge in [-0.15, -0.1) is 11.3 Å². The van der Waals surface area contributed by atoms with Crippen molar-refractivity contribution < 1.29 is 9.53 Å². The smallest absolute Gasteiger partial charge is 0.273 e. The van der Waals surface area contributed by atoms with E-state index in [1.807, 2.05) is 38.1 Å². The zero-order chi connectivity index (χ0) is 16.4. The summed E-state index contributed by atoms with van der Waals surface area (Å²) in [5, 5.41) is 10.5. The minimum Gasteiger partial charge on any atom is -0.490 e. The number of hydrogen-bond acceptors (Lipinski definition) is 6. The number of nitrogens with one attached hydrogen (secondary N) is 1. The highest BCUT2D eigenvalue weighted by Crippen LogP contribution is 2.37. The first-order valence-electron chi connectivity index (χ1n) is 7.04. The first kappa shape index (κ1) is 15.8. The highest BCUT2D eigenvalue weighted by atomic mass is 32.2. The molecule has 0 aliphatic carbocycles. The van der Waals surface area contributed by atoms with E-state index in [1.54, 1.807) is 17.7 Å². The zero-order valence-corrected chi connectivity index (χ0v) is 14.3. The number of anilines is 1. The minimum absolute atomic E-state index is 0.0478. The summed E-state index contributed by atoms with van der Waals surface area (Å²) in [5.41, 5.74) is 0.825. The molecule has 1 N–H and O–H groups in total. The fourth-order valence-corrected chi connectivity index (χ4v) is 3.63. The number of carbonyl (C=O) groups is 1. The van der Waals surface area contributed by atoms with Gasteiger partial charge in [0.2, 0.25) is 0 Å². The molecule has 118 valence electrons. The number of thiazole rings is 1. The molecule has 5 nitrogen and oxygen atoms in total. The van der Waals surface area contributed by atoms with Crippen molar-refractivity contribution in [2.45, 2.75) is 20.0 Å². The van der Waals surface area contributed by atoms with Crippen molar-refractivity contribution in [1.29, 1.82) is 5.41 Å². The molecule has 1 amide bonds. The van der Waals surface area contributed by atoms with Crippen LogP contribution in [0.2, 0.25) is 0 Å². The Morgan fingerprint density at radius 1 is 1.35 bits per heavy atom. The Labute approximate surface area is 142 Å². The number of hydrogen-bond donors (Lipinski definition) is 1. The quantitative estimate of drug-likeness (QED) is 0.851. The Balaban J connectivity index is 1.92. The number of amides is 1. The van der Waals surface area contributed by atoms with E-state index in [4.69, 9.17) is 10.1 Å². The lowest BCUT2D eigenvalue weighted by atomic mass is 10.2. The fourth-order valence-electron chi connectivity index (χ4n) is 2.09. The van der Waals surface area contributed by atoms with E-state index in [9.17, 15) is 4.79 Å². The maximum atomic E-state index is 12.6. The van der Waals surface area contributed by atoms with Crippen molar-refractivity contribution in [3.05, 3.63) is 46.3 Å². The highest BCUT2D eigenvalue weighted by molar-refractivity contribution is 8.19. The number of thioether (sulfide) groups is 1. The number of carbonyl (C=O) groups excluding carboxylic acids is 1. The lowest BCUT2D eigenvalue weighted by molar-refractivity contribution is -0.113. The summed E-state index contributed by atoms with van der Waals surface area (Å²) in [7, 11) is 0. The number of benzene rings is 1. The Hall–Kier alpha value is -2.12. The maximum Gasteiger partial charge on any atom is 0.273 e. The van der Waals surface area contributed by atoms with Crippen molar-refractivity contribution in [3.8, 4) is 5.75 Å². The van der Waals surface area contributed by atoms with Crippen LogP contribution in [0.1, 0.15) is 19.4 Å². The topological polar surface area (TPSA) is 66.3 Å². The molecule has 0 saturated carbocycles. The summed E-state index contributed by atoms with van der Waals surface area (Å²) in [6.07, 6.45) is 3.44. The highest BCUT2D eigenvalue weighted by Gasteiger charge is 2.35. The predicted octanol–water partition coefficient (Wildman–Crippen LogP) is 3.99. The van der Waals surface area contributed by atoms with Gasteiger partial charge in [-0.25, -0.2) is 9.88 Å². The van der Waals surface area contributed by atoms with E-state index in [1.165, 1.54) is 16.2 Å². The summed E-state index contributed by atoms with van der Waals surface area (Å²) in [4.78, 5) is 18.5. The van der Waals surface area contributed by atoms with Crippen molar-refractivity contribution in [3.63, 3.8) is 0 Å². The Kier molecular flexibility index (Phi) is 4.49. The molecule has 7 heteroatoms. The second kappa shape index (κ2) is 6.55. The molecule has 0 unspecified atom stereocenters. The predicted molar refractivity (Wildman–Crippen MR) is 95.1 cm³/mol. The van der Waals surface area contributed by atoms with Crippen LogP contribution in [0.4, 0.5) is 5.13 Å². The van der Waals surface area contributed by atoms with Gasteiger partial charge < -0.3 is 4.74 Å². The van der Waals surface area contributed by atoms with E-state index in [0.717, 1.165) is 23.1 Å². The number of aromatic nitrogens is 1. The van der Waals surface area contributed by atoms with Gasteiger partial charge in [-0.3, -0.25) is 10.2 Å². The van der Waals surface area contributed by atoms with Crippen LogP contribution in [0.25, 0.3) is 6.08 Å². The van der Waals surface area contributed by atoms with Crippen LogP contribution >= 0.6 is 23.1 Å². The average molecular weight is 345 g/mol. The molecule has 1 aromatic heterocycles. The van der Waals surface area contributed by atoms with Gasteiger partial charge in [0.1, 0.15) is 5.75 Å². The lowest BCUT2D eigenvalue weighted by Gasteiger charge is -2.12. The summed E-state index contributed by atoms with van der Waals surface area (Å²) in [6.45, 7) is 3.92. The van der Waals surface area contributed by atoms with Crippen LogP contribution in [-0.2, 0) is 4.79 Å². The van der Waals surface area contributed by atoms with Gasteiger partial charge in [0.15, 0.2) is 10.3 Å². The molecule has 0 spiro atoms. The van der Waals surface area contributed by atoms with Crippen molar-refractivity contribution in [2.75, 3.05) is 4.90 Å². The molecule has 3 rings (SSSR count). The summed E-state index contributed by atoms with van der Waals surface area (Å²) in [6, 6.07) is 7.56. The van der Waals surface area contributed by atoms with Gasteiger partial charge in [0, 0.05) is 17.1 Å². The van der Waals surface area contributed by atoms with Gasteiger partial charge in [-0.05, 0) is 37.8 Å². The number of ether oxygens (including phenoxy) is 1. The minimum atomic E-state index is -0.227. The number of rotatable bonds is 4. The number of nitrogens with zero attached hydrogens (tertiary/aromatic N) is 2. The molecule has 2 aromatic rings. The van der Waals surface area contributed by atoms with Crippen molar-refractivity contribution in [2.24, 2.45) is 0 Å². The summed E-state index contributed by atoms with van der Waals surface area (Å²) >= 11 is 2.47. The molecular formula is C16H15N3O2S2. The molecule has 1 fully saturated rings. The third kappa shape index (κ3) is 3.30. The average Bonchev–Trinajstić information content (AvgIpc) is 3.10. The molecule has 1 saturated heterocycles. The van der Waals surface area contributed by atoms with Gasteiger partial charge in [0.25, 0.3) is 5.91 Å². The maximum absolute atomic E-state index is 12.6. The van der Waals surface area contributed by atoms with E-state index in [0.29, 0.717) is 10.0 Å². The third-order valence-corrected chi connectivity index (χ3v) is 4.65. The summed E-state index contributed by atoms with van der Waals surface area (Å²) < 4.78 is 5.77. The van der Waals surface area contributed by atoms with Gasteiger partial charge in [-0.1, -0.05) is 18.2 Å². The molecule has 0 atom stereocenters. The molecule has 1 aromatic carbocycles. The van der Waals surface area contributed by atoms with E-state index in [-0.39, 0.29) is 17.2 Å². The molecule has 1 aliphatic rings. The van der Waals surface area contributed by atoms with E-state index in [2.05, 4.69) is 4.98 Å². The van der Waals surface area contributed by atoms with Crippen molar-refractivity contribution >= 4 is 45.4 Å². The standard InChI is InChI=1S/C16H15N3O2S2/c1-10(2)21-12-6-4-3-5-11(12)9-13-14(20)19(15(17)23-13)16-18-7-8-22-16/h3-10,17H,1-2H3/b13-9+,17-15?. The largest absolute Gasteiger partial charge is 0.490 e. The monoisotopic (exact) mass is 345 g/mol. The van der Waals surface area contributed by atoms with E-state index >= 15 is 0 Å². The second-order valence-electron chi connectivity index (χ2n) is 5.08. The van der Waals surface area contributed by atoms with Crippen LogP contribution in [0.15, 0.2) is 40.7 Å². The van der Waals surface area contributed by atoms with Crippen molar-refractivity contribution in [1.82, 2.24) is 4.98 Å². The third-order valence-electron chi connectivity index (χ3n) is 3.00. The lowest BCUT2D eigenvalue weighted by Crippen LogP contribution is -2.27. The fraction of sp³-hybridized carbons (Fsp3) is 0.188. The van der Waals surface area contributed by atoms with Crippen LogP contribution in [0.3, 0.4) is 0 Å². The van der Waals surface area contributed by atoms with Crippen LogP contribution in [0.5, 0.6) is 5.75 Å². The van der Waals surface area contributed by atoms with Gasteiger partial charge in [0.05, 0.1) is 11.0 Å².